The van der Waals surface area contributed by atoms with Crippen LogP contribution in [0.25, 0.3) is 0 Å². The Morgan fingerprint density at radius 3 is 2.96 bits per heavy atom. The second-order valence-electron chi connectivity index (χ2n) is 7.07. The summed E-state index contributed by atoms with van der Waals surface area (Å²) in [5, 5.41) is 11.5. The zero-order valence-electron chi connectivity index (χ0n) is 15.2. The molecular formula is C19H23N3O4S. The second-order valence-corrected chi connectivity index (χ2v) is 7.99. The minimum Gasteiger partial charge on any atom is -0.497 e. The van der Waals surface area contributed by atoms with Gasteiger partial charge in [-0.1, -0.05) is 24.2 Å². The van der Waals surface area contributed by atoms with Gasteiger partial charge in [0.25, 0.3) is 11.1 Å². The Morgan fingerprint density at radius 2 is 2.19 bits per heavy atom. The lowest BCUT2D eigenvalue weighted by Gasteiger charge is -2.22. The molecule has 0 saturated heterocycles. The maximum Gasteiger partial charge on any atom is 0.277 e. The topological polar surface area (TPSA) is 86.5 Å². The maximum absolute atomic E-state index is 12.2. The number of fused-ring (bicyclic) bond motifs is 2. The summed E-state index contributed by atoms with van der Waals surface area (Å²) in [6.45, 7) is 0.165. The molecule has 1 amide bonds. The van der Waals surface area contributed by atoms with Gasteiger partial charge in [-0.05, 0) is 43.2 Å². The lowest BCUT2D eigenvalue weighted by molar-refractivity contribution is -0.119. The summed E-state index contributed by atoms with van der Waals surface area (Å²) in [5.74, 6) is 3.55. The van der Waals surface area contributed by atoms with E-state index in [1.807, 2.05) is 18.2 Å². The number of carbonyl (C=O) groups is 1. The van der Waals surface area contributed by atoms with Gasteiger partial charge in [0.15, 0.2) is 6.61 Å². The maximum atomic E-state index is 12.2. The van der Waals surface area contributed by atoms with E-state index in [9.17, 15) is 4.79 Å². The molecule has 1 aromatic carbocycles. The van der Waals surface area contributed by atoms with Gasteiger partial charge in [0.2, 0.25) is 5.91 Å². The molecule has 2 bridgehead atoms. The minimum atomic E-state index is 0.0323. The minimum absolute atomic E-state index is 0.0323. The Balaban J connectivity index is 1.21. The molecule has 27 heavy (non-hydrogen) atoms. The van der Waals surface area contributed by atoms with Crippen LogP contribution in [0.15, 0.2) is 33.9 Å². The third kappa shape index (κ3) is 4.55. The van der Waals surface area contributed by atoms with E-state index >= 15 is 0 Å². The lowest BCUT2D eigenvalue weighted by Crippen LogP contribution is -2.39. The number of carbonyl (C=O) groups excluding carboxylic acids is 1. The van der Waals surface area contributed by atoms with Crippen LogP contribution < -0.4 is 14.8 Å². The summed E-state index contributed by atoms with van der Waals surface area (Å²) >= 11 is 1.25. The third-order valence-corrected chi connectivity index (χ3v) is 6.08. The van der Waals surface area contributed by atoms with E-state index < -0.39 is 0 Å². The van der Waals surface area contributed by atoms with E-state index in [1.165, 1.54) is 31.0 Å². The van der Waals surface area contributed by atoms with E-state index in [-0.39, 0.29) is 18.3 Å². The first-order valence-corrected chi connectivity index (χ1v) is 10.2. The van der Waals surface area contributed by atoms with E-state index in [4.69, 9.17) is 13.9 Å². The SMILES string of the molecule is COc1cccc(OCc2nnc(SCC(=O)N[C@H]3C[C@H]4CC[C@H]3C4)o2)c1. The van der Waals surface area contributed by atoms with Crippen LogP contribution in [-0.4, -0.2) is 35.0 Å². The zero-order valence-corrected chi connectivity index (χ0v) is 16.0. The number of hydrogen-bond acceptors (Lipinski definition) is 7. The Bertz CT molecular complexity index is 797. The summed E-state index contributed by atoms with van der Waals surface area (Å²) in [7, 11) is 1.61. The fourth-order valence-electron chi connectivity index (χ4n) is 3.99. The molecule has 1 N–H and O–H groups in total. The molecule has 1 heterocycles. The molecule has 0 unspecified atom stereocenters. The Morgan fingerprint density at radius 1 is 1.30 bits per heavy atom. The predicted molar refractivity (Wildman–Crippen MR) is 99.7 cm³/mol. The van der Waals surface area contributed by atoms with Crippen molar-refractivity contribution in [2.24, 2.45) is 11.8 Å². The van der Waals surface area contributed by atoms with Gasteiger partial charge in [-0.25, -0.2) is 0 Å². The second kappa shape index (κ2) is 8.21. The number of nitrogens with zero attached hydrogens (tertiary/aromatic N) is 2. The molecule has 0 radical (unpaired) electrons. The monoisotopic (exact) mass is 389 g/mol. The van der Waals surface area contributed by atoms with Gasteiger partial charge in [-0.15, -0.1) is 10.2 Å². The highest BCUT2D eigenvalue weighted by Crippen LogP contribution is 2.44. The quantitative estimate of drug-likeness (QED) is 0.694. The molecular weight excluding hydrogens is 366 g/mol. The molecule has 8 heteroatoms. The molecule has 4 rings (SSSR count). The van der Waals surface area contributed by atoms with Crippen molar-refractivity contribution in [3.8, 4) is 11.5 Å². The van der Waals surface area contributed by atoms with Gasteiger partial charge in [0, 0.05) is 12.1 Å². The molecule has 7 nitrogen and oxygen atoms in total. The molecule has 1 aromatic heterocycles. The van der Waals surface area contributed by atoms with E-state index in [1.54, 1.807) is 13.2 Å². The molecule has 2 aromatic rings. The first-order chi connectivity index (χ1) is 13.2. The average molecular weight is 389 g/mol. The summed E-state index contributed by atoms with van der Waals surface area (Å²) in [4.78, 5) is 12.2. The number of amides is 1. The summed E-state index contributed by atoms with van der Waals surface area (Å²) < 4.78 is 16.3. The van der Waals surface area contributed by atoms with Crippen molar-refractivity contribution in [3.05, 3.63) is 30.2 Å². The van der Waals surface area contributed by atoms with Gasteiger partial charge >= 0.3 is 0 Å². The van der Waals surface area contributed by atoms with Crippen LogP contribution in [0.2, 0.25) is 0 Å². The molecule has 2 saturated carbocycles. The lowest BCUT2D eigenvalue weighted by atomic mass is 9.95. The fourth-order valence-corrected chi connectivity index (χ4v) is 4.58. The van der Waals surface area contributed by atoms with Crippen molar-refractivity contribution in [1.29, 1.82) is 0 Å². The highest BCUT2D eigenvalue weighted by atomic mass is 32.2. The van der Waals surface area contributed by atoms with Crippen molar-refractivity contribution in [1.82, 2.24) is 15.5 Å². The van der Waals surface area contributed by atoms with Gasteiger partial charge in [0.05, 0.1) is 12.9 Å². The highest BCUT2D eigenvalue weighted by molar-refractivity contribution is 7.99. The van der Waals surface area contributed by atoms with E-state index in [0.717, 1.165) is 18.1 Å². The molecule has 0 aliphatic heterocycles. The molecule has 2 aliphatic rings. The molecule has 3 atom stereocenters. The smallest absolute Gasteiger partial charge is 0.277 e. The van der Waals surface area contributed by atoms with Gasteiger partial charge in [-0.2, -0.15) is 0 Å². The van der Waals surface area contributed by atoms with Crippen LogP contribution in [0.5, 0.6) is 11.5 Å². The van der Waals surface area contributed by atoms with Gasteiger partial charge in [-0.3, -0.25) is 4.79 Å². The largest absolute Gasteiger partial charge is 0.497 e. The van der Waals surface area contributed by atoms with Crippen molar-refractivity contribution >= 4 is 17.7 Å². The number of methoxy groups -OCH3 is 1. The first-order valence-electron chi connectivity index (χ1n) is 9.21. The third-order valence-electron chi connectivity index (χ3n) is 5.26. The van der Waals surface area contributed by atoms with Gasteiger partial charge in [0.1, 0.15) is 11.5 Å². The predicted octanol–water partition coefficient (Wildman–Crippen LogP) is 3.05. The summed E-state index contributed by atoms with van der Waals surface area (Å²) in [5.41, 5.74) is 0. The van der Waals surface area contributed by atoms with Crippen molar-refractivity contribution in [2.45, 2.75) is 43.6 Å². The molecule has 2 aliphatic carbocycles. The van der Waals surface area contributed by atoms with Crippen LogP contribution >= 0.6 is 11.8 Å². The van der Waals surface area contributed by atoms with E-state index in [2.05, 4.69) is 15.5 Å². The van der Waals surface area contributed by atoms with Crippen LogP contribution in [0, 0.1) is 11.8 Å². The standard InChI is InChI=1S/C19H23N3O4S/c1-24-14-3-2-4-15(9-14)25-10-18-21-22-19(26-18)27-11-17(23)20-16-8-12-5-6-13(16)7-12/h2-4,9,12-13,16H,5-8,10-11H2,1H3,(H,20,23)/t12-,13-,16-/m0/s1. The number of thioether (sulfide) groups is 1. The number of rotatable bonds is 8. The first kappa shape index (κ1) is 18.2. The Kier molecular flexibility index (Phi) is 5.52. The Hall–Kier alpha value is -2.22. The van der Waals surface area contributed by atoms with Crippen LogP contribution in [0.4, 0.5) is 0 Å². The number of ether oxygens (including phenoxy) is 2. The summed E-state index contributed by atoms with van der Waals surface area (Å²) in [6.07, 6.45) is 4.99. The number of nitrogens with one attached hydrogen (secondary N) is 1. The molecule has 0 spiro atoms. The highest BCUT2D eigenvalue weighted by Gasteiger charge is 2.40. The fraction of sp³-hybridized carbons (Fsp3) is 0.526. The molecule has 144 valence electrons. The normalized spacial score (nSPS) is 23.4. The van der Waals surface area contributed by atoms with Crippen LogP contribution in [0.1, 0.15) is 31.6 Å². The van der Waals surface area contributed by atoms with Crippen molar-refractivity contribution in [2.75, 3.05) is 12.9 Å². The van der Waals surface area contributed by atoms with E-state index in [0.29, 0.717) is 28.8 Å². The number of aromatic nitrogens is 2. The average Bonchev–Trinajstić information content (AvgIpc) is 3.42. The molecule has 2 fully saturated rings. The zero-order chi connectivity index (χ0) is 18.6. The van der Waals surface area contributed by atoms with Gasteiger partial charge < -0.3 is 19.2 Å². The summed E-state index contributed by atoms with van der Waals surface area (Å²) in [6, 6.07) is 7.65. The number of hydrogen-bond donors (Lipinski definition) is 1. The van der Waals surface area contributed by atoms with Crippen molar-refractivity contribution in [3.63, 3.8) is 0 Å². The van der Waals surface area contributed by atoms with Crippen molar-refractivity contribution < 1.29 is 18.7 Å². The van der Waals surface area contributed by atoms with Crippen LogP contribution in [0.3, 0.4) is 0 Å². The Labute approximate surface area is 162 Å². The van der Waals surface area contributed by atoms with Crippen LogP contribution in [-0.2, 0) is 11.4 Å². The number of benzene rings is 1.